The molecule has 6 heteroatoms. The van der Waals surface area contributed by atoms with Crippen LogP contribution in [0.15, 0.2) is 79.1 Å². The van der Waals surface area contributed by atoms with E-state index in [2.05, 4.69) is 4.98 Å². The number of halogens is 3. The maximum Gasteiger partial charge on any atom is 0.417 e. The highest BCUT2D eigenvalue weighted by molar-refractivity contribution is 5.72. The molecule has 3 nitrogen and oxygen atoms in total. The SMILES string of the molecule is COc1ccc(C)cc1-c1ccc(-n2ccnc2-c2ccccc2C(F)(F)F)cc1. The molecule has 152 valence electrons. The summed E-state index contributed by atoms with van der Waals surface area (Å²) in [7, 11) is 1.62. The topological polar surface area (TPSA) is 27.1 Å². The summed E-state index contributed by atoms with van der Waals surface area (Å²) in [6.07, 6.45) is -1.30. The monoisotopic (exact) mass is 408 g/mol. The Bertz CT molecular complexity index is 1180. The van der Waals surface area contributed by atoms with Crippen LogP contribution in [0.4, 0.5) is 13.2 Å². The highest BCUT2D eigenvalue weighted by atomic mass is 19.4. The lowest BCUT2D eigenvalue weighted by Crippen LogP contribution is -2.08. The van der Waals surface area contributed by atoms with Crippen molar-refractivity contribution in [2.45, 2.75) is 13.1 Å². The van der Waals surface area contributed by atoms with E-state index >= 15 is 0 Å². The Morgan fingerprint density at radius 1 is 0.900 bits per heavy atom. The predicted octanol–water partition coefficient (Wildman–Crippen LogP) is 6.54. The fourth-order valence-electron chi connectivity index (χ4n) is 3.49. The fraction of sp³-hybridized carbons (Fsp3) is 0.125. The molecule has 1 heterocycles. The van der Waals surface area contributed by atoms with Gasteiger partial charge in [-0.05, 0) is 42.8 Å². The lowest BCUT2D eigenvalue weighted by atomic mass is 10.0. The first-order valence-corrected chi connectivity index (χ1v) is 9.34. The minimum Gasteiger partial charge on any atom is -0.496 e. The number of alkyl halides is 3. The van der Waals surface area contributed by atoms with E-state index in [1.165, 1.54) is 18.3 Å². The third-order valence-corrected chi connectivity index (χ3v) is 4.93. The summed E-state index contributed by atoms with van der Waals surface area (Å²) in [5, 5.41) is 0. The first-order valence-electron chi connectivity index (χ1n) is 9.34. The number of hydrogen-bond acceptors (Lipinski definition) is 2. The Kier molecular flexibility index (Phi) is 5.08. The van der Waals surface area contributed by atoms with Crippen molar-refractivity contribution in [3.63, 3.8) is 0 Å². The summed E-state index contributed by atoms with van der Waals surface area (Å²) < 4.78 is 47.5. The maximum absolute atomic E-state index is 13.5. The molecule has 0 saturated heterocycles. The highest BCUT2D eigenvalue weighted by Gasteiger charge is 2.34. The van der Waals surface area contributed by atoms with E-state index < -0.39 is 11.7 Å². The number of imidazole rings is 1. The van der Waals surface area contributed by atoms with Gasteiger partial charge < -0.3 is 4.74 Å². The van der Waals surface area contributed by atoms with Crippen molar-refractivity contribution < 1.29 is 17.9 Å². The largest absolute Gasteiger partial charge is 0.496 e. The quantitative estimate of drug-likeness (QED) is 0.383. The Labute approximate surface area is 172 Å². The second-order valence-corrected chi connectivity index (χ2v) is 6.91. The van der Waals surface area contributed by atoms with Crippen LogP contribution in [0.2, 0.25) is 0 Å². The van der Waals surface area contributed by atoms with Crippen molar-refractivity contribution >= 4 is 0 Å². The molecule has 30 heavy (non-hydrogen) atoms. The second kappa shape index (κ2) is 7.71. The van der Waals surface area contributed by atoms with Gasteiger partial charge in [-0.3, -0.25) is 4.57 Å². The Morgan fingerprint density at radius 2 is 1.63 bits per heavy atom. The number of ether oxygens (including phenoxy) is 1. The van der Waals surface area contributed by atoms with E-state index in [1.54, 1.807) is 23.9 Å². The number of methoxy groups -OCH3 is 1. The standard InChI is InChI=1S/C24H19F3N2O/c1-16-7-12-22(30-2)20(15-16)17-8-10-18(11-9-17)29-14-13-28-23(29)19-5-3-4-6-21(19)24(25,26)27/h3-15H,1-2H3. The molecule has 0 saturated carbocycles. The lowest BCUT2D eigenvalue weighted by Gasteiger charge is -2.15. The number of aromatic nitrogens is 2. The first-order chi connectivity index (χ1) is 14.4. The molecule has 0 amide bonds. The van der Waals surface area contributed by atoms with E-state index in [-0.39, 0.29) is 11.4 Å². The molecule has 0 radical (unpaired) electrons. The summed E-state index contributed by atoms with van der Waals surface area (Å²) in [4.78, 5) is 4.20. The molecule has 0 atom stereocenters. The third kappa shape index (κ3) is 3.68. The molecule has 0 aliphatic heterocycles. The second-order valence-electron chi connectivity index (χ2n) is 6.91. The fourth-order valence-corrected chi connectivity index (χ4v) is 3.49. The summed E-state index contributed by atoms with van der Waals surface area (Å²) in [5.41, 5.74) is 3.07. The molecule has 0 aliphatic rings. The minimum atomic E-state index is -4.46. The Morgan fingerprint density at radius 3 is 2.33 bits per heavy atom. The van der Waals surface area contributed by atoms with Crippen LogP contribution in [0.1, 0.15) is 11.1 Å². The number of hydrogen-bond donors (Lipinski definition) is 0. The van der Waals surface area contributed by atoms with E-state index in [9.17, 15) is 13.2 Å². The minimum absolute atomic E-state index is 0.0411. The van der Waals surface area contributed by atoms with Gasteiger partial charge in [0.25, 0.3) is 0 Å². The van der Waals surface area contributed by atoms with Gasteiger partial charge in [0.2, 0.25) is 0 Å². The van der Waals surface area contributed by atoms with Gasteiger partial charge in [0, 0.05) is 29.2 Å². The van der Waals surface area contributed by atoms with Gasteiger partial charge in [-0.2, -0.15) is 13.2 Å². The van der Waals surface area contributed by atoms with Crippen LogP contribution in [-0.4, -0.2) is 16.7 Å². The molecule has 4 aromatic rings. The average Bonchev–Trinajstić information content (AvgIpc) is 3.23. The van der Waals surface area contributed by atoms with Crippen LogP contribution >= 0.6 is 0 Å². The number of benzene rings is 3. The summed E-state index contributed by atoms with van der Waals surface area (Å²) in [5.74, 6) is 1.000. The normalized spacial score (nSPS) is 11.5. The van der Waals surface area contributed by atoms with Gasteiger partial charge in [0.15, 0.2) is 0 Å². The summed E-state index contributed by atoms with van der Waals surface area (Å²) in [6.45, 7) is 2.01. The van der Waals surface area contributed by atoms with E-state index in [1.807, 2.05) is 49.4 Å². The van der Waals surface area contributed by atoms with Crippen molar-refractivity contribution in [1.29, 1.82) is 0 Å². The Balaban J connectivity index is 1.76. The Hall–Kier alpha value is -3.54. The van der Waals surface area contributed by atoms with Crippen LogP contribution in [-0.2, 0) is 6.18 Å². The van der Waals surface area contributed by atoms with Gasteiger partial charge in [-0.25, -0.2) is 4.98 Å². The third-order valence-electron chi connectivity index (χ3n) is 4.93. The van der Waals surface area contributed by atoms with Crippen molar-refractivity contribution in [3.05, 3.63) is 90.3 Å². The van der Waals surface area contributed by atoms with E-state index in [4.69, 9.17) is 4.74 Å². The molecule has 0 N–H and O–H groups in total. The molecular formula is C24H19F3N2O. The van der Waals surface area contributed by atoms with Crippen molar-refractivity contribution in [3.8, 4) is 34.0 Å². The van der Waals surface area contributed by atoms with E-state index in [0.29, 0.717) is 0 Å². The summed E-state index contributed by atoms with van der Waals surface area (Å²) in [6, 6.07) is 19.0. The maximum atomic E-state index is 13.5. The molecular weight excluding hydrogens is 389 g/mol. The van der Waals surface area contributed by atoms with Crippen LogP contribution in [0.5, 0.6) is 5.75 Å². The smallest absolute Gasteiger partial charge is 0.417 e. The molecule has 0 bridgehead atoms. The van der Waals surface area contributed by atoms with Gasteiger partial charge in [-0.15, -0.1) is 0 Å². The van der Waals surface area contributed by atoms with Gasteiger partial charge in [0.1, 0.15) is 11.6 Å². The molecule has 0 fully saturated rings. The zero-order chi connectivity index (χ0) is 21.3. The molecule has 0 unspecified atom stereocenters. The highest BCUT2D eigenvalue weighted by Crippen LogP contribution is 2.37. The number of nitrogens with zero attached hydrogens (tertiary/aromatic N) is 2. The van der Waals surface area contributed by atoms with Gasteiger partial charge in [-0.1, -0.05) is 42.0 Å². The molecule has 4 rings (SSSR count). The van der Waals surface area contributed by atoms with Crippen molar-refractivity contribution in [1.82, 2.24) is 9.55 Å². The van der Waals surface area contributed by atoms with Crippen LogP contribution in [0, 0.1) is 6.92 Å². The average molecular weight is 408 g/mol. The predicted molar refractivity (Wildman–Crippen MR) is 111 cm³/mol. The van der Waals surface area contributed by atoms with Gasteiger partial charge in [0.05, 0.1) is 12.7 Å². The van der Waals surface area contributed by atoms with Crippen molar-refractivity contribution in [2.24, 2.45) is 0 Å². The zero-order valence-corrected chi connectivity index (χ0v) is 16.4. The molecule has 0 aliphatic carbocycles. The van der Waals surface area contributed by atoms with Crippen molar-refractivity contribution in [2.75, 3.05) is 7.11 Å². The summed E-state index contributed by atoms with van der Waals surface area (Å²) >= 11 is 0. The van der Waals surface area contributed by atoms with E-state index in [0.717, 1.165) is 34.2 Å². The number of aryl methyl sites for hydroxylation is 1. The zero-order valence-electron chi connectivity index (χ0n) is 16.4. The molecule has 0 spiro atoms. The first kappa shape index (κ1) is 19.8. The van der Waals surface area contributed by atoms with Gasteiger partial charge >= 0.3 is 6.18 Å². The van der Waals surface area contributed by atoms with Crippen LogP contribution in [0.3, 0.4) is 0 Å². The molecule has 3 aromatic carbocycles. The lowest BCUT2D eigenvalue weighted by molar-refractivity contribution is -0.137. The van der Waals surface area contributed by atoms with Crippen LogP contribution < -0.4 is 4.74 Å². The molecule has 1 aromatic heterocycles. The number of rotatable bonds is 4. The van der Waals surface area contributed by atoms with Crippen LogP contribution in [0.25, 0.3) is 28.2 Å².